The minimum atomic E-state index is 0.313. The van der Waals surface area contributed by atoms with E-state index in [-0.39, 0.29) is 0 Å². The number of alkyl halides is 1. The number of hydrogen-bond donors (Lipinski definition) is 0. The van der Waals surface area contributed by atoms with Crippen LogP contribution < -0.4 is 0 Å². The van der Waals surface area contributed by atoms with Crippen LogP contribution in [-0.2, 0) is 23.8 Å². The van der Waals surface area contributed by atoms with Crippen LogP contribution in [0, 0.1) is 0 Å². The van der Waals surface area contributed by atoms with Crippen molar-refractivity contribution in [1.29, 1.82) is 0 Å². The van der Waals surface area contributed by atoms with Crippen LogP contribution in [-0.4, -0.2) is 16.9 Å². The number of aromatic nitrogens is 2. The fourth-order valence-electron chi connectivity index (χ4n) is 1.82. The summed E-state index contributed by atoms with van der Waals surface area (Å²) in [5, 5.41) is 5.66. The molecule has 3 nitrogen and oxygen atoms in total. The summed E-state index contributed by atoms with van der Waals surface area (Å²) in [7, 11) is 1.61. The van der Waals surface area contributed by atoms with E-state index in [9.17, 15) is 0 Å². The van der Waals surface area contributed by atoms with E-state index in [1.807, 2.05) is 24.3 Å². The summed E-state index contributed by atoms with van der Waals surface area (Å²) < 4.78 is 6.80. The number of rotatable bonds is 5. The lowest BCUT2D eigenvalue weighted by Gasteiger charge is -2.04. The molecule has 1 aromatic carbocycles. The van der Waals surface area contributed by atoms with Gasteiger partial charge in [0.25, 0.3) is 0 Å². The van der Waals surface area contributed by atoms with Gasteiger partial charge >= 0.3 is 0 Å². The van der Waals surface area contributed by atoms with Crippen molar-refractivity contribution < 1.29 is 4.74 Å². The fraction of sp³-hybridized carbons (Fsp3) is 0.308. The molecule has 0 amide bonds. The summed E-state index contributed by atoms with van der Waals surface area (Å²) in [6, 6.07) is 7.58. The zero-order valence-corrected chi connectivity index (χ0v) is 12.6. The van der Waals surface area contributed by atoms with Gasteiger partial charge in [-0.2, -0.15) is 5.10 Å². The Morgan fingerprint density at radius 1 is 1.32 bits per heavy atom. The maximum atomic E-state index is 6.28. The third-order valence-corrected chi connectivity index (χ3v) is 3.63. The average Bonchev–Trinajstić information content (AvgIpc) is 2.66. The standard InChI is InChI=1S/C13H13Cl3N2O/c1-19-8-12-11(6-14)13(16)18(17-12)7-9-3-2-4-10(15)5-9/h2-5H,6-8H2,1H3. The van der Waals surface area contributed by atoms with E-state index < -0.39 is 0 Å². The van der Waals surface area contributed by atoms with Gasteiger partial charge in [-0.3, -0.25) is 0 Å². The van der Waals surface area contributed by atoms with E-state index in [2.05, 4.69) is 5.10 Å². The summed E-state index contributed by atoms with van der Waals surface area (Å²) in [5.74, 6) is 0.313. The molecule has 0 saturated heterocycles. The highest BCUT2D eigenvalue weighted by Crippen LogP contribution is 2.24. The van der Waals surface area contributed by atoms with Crippen LogP contribution in [0.3, 0.4) is 0 Å². The predicted octanol–water partition coefficient (Wildman–Crippen LogP) is 4.12. The zero-order chi connectivity index (χ0) is 13.8. The van der Waals surface area contributed by atoms with Gasteiger partial charge in [0.15, 0.2) is 0 Å². The van der Waals surface area contributed by atoms with Gasteiger partial charge in [0, 0.05) is 17.7 Å². The highest BCUT2D eigenvalue weighted by Gasteiger charge is 2.15. The lowest BCUT2D eigenvalue weighted by atomic mass is 10.2. The first-order chi connectivity index (χ1) is 9.15. The number of nitrogens with zero attached hydrogens (tertiary/aromatic N) is 2. The second-order valence-electron chi connectivity index (χ2n) is 4.07. The quantitative estimate of drug-likeness (QED) is 0.775. The van der Waals surface area contributed by atoms with Crippen molar-refractivity contribution in [2.75, 3.05) is 7.11 Å². The summed E-state index contributed by atoms with van der Waals surface area (Å²) >= 11 is 18.1. The molecule has 0 aliphatic rings. The monoisotopic (exact) mass is 318 g/mol. The molecule has 0 N–H and O–H groups in total. The van der Waals surface area contributed by atoms with Gasteiger partial charge in [-0.25, -0.2) is 4.68 Å². The van der Waals surface area contributed by atoms with Crippen molar-refractivity contribution in [3.8, 4) is 0 Å². The molecule has 0 saturated carbocycles. The Hall–Kier alpha value is -0.740. The van der Waals surface area contributed by atoms with Crippen molar-refractivity contribution in [3.63, 3.8) is 0 Å². The first-order valence-electron chi connectivity index (χ1n) is 5.69. The van der Waals surface area contributed by atoms with E-state index in [1.165, 1.54) is 0 Å². The third kappa shape index (κ3) is 3.42. The van der Waals surface area contributed by atoms with Crippen LogP contribution in [0.2, 0.25) is 10.2 Å². The highest BCUT2D eigenvalue weighted by molar-refractivity contribution is 6.31. The molecule has 0 aliphatic carbocycles. The molecule has 0 unspecified atom stereocenters. The minimum absolute atomic E-state index is 0.313. The molecule has 0 spiro atoms. The van der Waals surface area contributed by atoms with Gasteiger partial charge in [-0.1, -0.05) is 35.3 Å². The Balaban J connectivity index is 2.30. The van der Waals surface area contributed by atoms with Gasteiger partial charge in [0.05, 0.1) is 24.7 Å². The van der Waals surface area contributed by atoms with Gasteiger partial charge in [-0.15, -0.1) is 11.6 Å². The van der Waals surface area contributed by atoms with Crippen LogP contribution in [0.4, 0.5) is 0 Å². The molecule has 1 aromatic heterocycles. The number of methoxy groups -OCH3 is 1. The highest BCUT2D eigenvalue weighted by atomic mass is 35.5. The van der Waals surface area contributed by atoms with Crippen molar-refractivity contribution >= 4 is 34.8 Å². The molecular weight excluding hydrogens is 307 g/mol. The van der Waals surface area contributed by atoms with Crippen molar-refractivity contribution in [3.05, 3.63) is 51.3 Å². The Morgan fingerprint density at radius 3 is 2.74 bits per heavy atom. The van der Waals surface area contributed by atoms with Crippen LogP contribution in [0.1, 0.15) is 16.8 Å². The van der Waals surface area contributed by atoms with Gasteiger partial charge in [0.2, 0.25) is 0 Å². The maximum Gasteiger partial charge on any atom is 0.132 e. The molecule has 1 heterocycles. The number of ether oxygens (including phenoxy) is 1. The Kier molecular flexibility index (Phi) is 5.11. The second kappa shape index (κ2) is 6.62. The smallest absolute Gasteiger partial charge is 0.132 e. The van der Waals surface area contributed by atoms with Gasteiger partial charge in [-0.05, 0) is 17.7 Å². The predicted molar refractivity (Wildman–Crippen MR) is 78.1 cm³/mol. The molecule has 0 aliphatic heterocycles. The number of halogens is 3. The van der Waals surface area contributed by atoms with Gasteiger partial charge in [0.1, 0.15) is 5.15 Å². The maximum absolute atomic E-state index is 6.28. The molecule has 0 fully saturated rings. The first kappa shape index (κ1) is 14.7. The Labute approximate surface area is 127 Å². The molecule has 19 heavy (non-hydrogen) atoms. The molecule has 2 aromatic rings. The van der Waals surface area contributed by atoms with E-state index in [0.717, 1.165) is 16.8 Å². The fourth-order valence-corrected chi connectivity index (χ4v) is 2.66. The first-order valence-corrected chi connectivity index (χ1v) is 6.98. The zero-order valence-electron chi connectivity index (χ0n) is 10.4. The van der Waals surface area contributed by atoms with Crippen molar-refractivity contribution in [2.45, 2.75) is 19.0 Å². The minimum Gasteiger partial charge on any atom is -0.378 e. The summed E-state index contributed by atoms with van der Waals surface area (Å²) in [6.45, 7) is 0.942. The van der Waals surface area contributed by atoms with Crippen LogP contribution >= 0.6 is 34.8 Å². The van der Waals surface area contributed by atoms with Crippen LogP contribution in [0.15, 0.2) is 24.3 Å². The van der Waals surface area contributed by atoms with E-state index >= 15 is 0 Å². The summed E-state index contributed by atoms with van der Waals surface area (Å²) in [4.78, 5) is 0. The molecule has 0 bridgehead atoms. The normalized spacial score (nSPS) is 10.9. The topological polar surface area (TPSA) is 27.1 Å². The van der Waals surface area contributed by atoms with Crippen LogP contribution in [0.25, 0.3) is 0 Å². The van der Waals surface area contributed by atoms with E-state index in [0.29, 0.717) is 29.2 Å². The van der Waals surface area contributed by atoms with Gasteiger partial charge < -0.3 is 4.74 Å². The number of benzene rings is 1. The van der Waals surface area contributed by atoms with Crippen molar-refractivity contribution in [1.82, 2.24) is 9.78 Å². The molecule has 0 radical (unpaired) electrons. The second-order valence-corrected chi connectivity index (χ2v) is 5.13. The largest absolute Gasteiger partial charge is 0.378 e. The lowest BCUT2D eigenvalue weighted by Crippen LogP contribution is -2.02. The van der Waals surface area contributed by atoms with E-state index in [4.69, 9.17) is 39.5 Å². The summed E-state index contributed by atoms with van der Waals surface area (Å²) in [6.07, 6.45) is 0. The van der Waals surface area contributed by atoms with Crippen LogP contribution in [0.5, 0.6) is 0 Å². The summed E-state index contributed by atoms with van der Waals surface area (Å²) in [5.41, 5.74) is 2.61. The molecule has 2 rings (SSSR count). The SMILES string of the molecule is COCc1nn(Cc2cccc(Cl)c2)c(Cl)c1CCl. The average molecular weight is 320 g/mol. The molecule has 6 heteroatoms. The molecule has 102 valence electrons. The van der Waals surface area contributed by atoms with Crippen molar-refractivity contribution in [2.24, 2.45) is 0 Å². The van der Waals surface area contributed by atoms with E-state index in [1.54, 1.807) is 11.8 Å². The number of hydrogen-bond acceptors (Lipinski definition) is 2. The third-order valence-electron chi connectivity index (χ3n) is 2.70. The molecular formula is C13H13Cl3N2O. The Morgan fingerprint density at radius 2 is 2.11 bits per heavy atom. The Bertz CT molecular complexity index is 569. The molecule has 0 atom stereocenters. The lowest BCUT2D eigenvalue weighted by molar-refractivity contribution is 0.180.